The minimum atomic E-state index is -0.421. The van der Waals surface area contributed by atoms with E-state index >= 15 is 0 Å². The van der Waals surface area contributed by atoms with E-state index in [0.717, 1.165) is 0 Å². The van der Waals surface area contributed by atoms with Gasteiger partial charge in [-0.15, -0.1) is 11.8 Å². The van der Waals surface area contributed by atoms with Crippen LogP contribution in [0.4, 0.5) is 0 Å². The number of rotatable bonds is 5. The minimum Gasteiger partial charge on any atom is -0.350 e. The smallest absolute Gasteiger partial charge is 0.258 e. The van der Waals surface area contributed by atoms with Crippen LogP contribution in [0.15, 0.2) is 29.1 Å². The van der Waals surface area contributed by atoms with Gasteiger partial charge in [0.15, 0.2) is 0 Å². The standard InChI is InChI=1S/C20H26N4O3S/c1-20(2,3)23-19(27)15-11-28-12-24(15)17(25)10-6-9-16-21-14-8-5-4-7-13(14)18(26)22-16/h4-5,7-8,15H,6,9-12H2,1-3H3,(H,23,27)(H,21,22,26). The molecule has 2 N–H and O–H groups in total. The highest BCUT2D eigenvalue weighted by molar-refractivity contribution is 7.99. The number of aromatic amines is 1. The van der Waals surface area contributed by atoms with Gasteiger partial charge in [0.25, 0.3) is 5.56 Å². The molecule has 2 aromatic rings. The van der Waals surface area contributed by atoms with Crippen LogP contribution in [0, 0.1) is 0 Å². The van der Waals surface area contributed by atoms with Crippen molar-refractivity contribution in [3.05, 3.63) is 40.4 Å². The molecule has 1 unspecified atom stereocenters. The lowest BCUT2D eigenvalue weighted by Crippen LogP contribution is -2.52. The van der Waals surface area contributed by atoms with Crippen LogP contribution in [0.2, 0.25) is 0 Å². The lowest BCUT2D eigenvalue weighted by Gasteiger charge is -2.27. The normalized spacial score (nSPS) is 17.1. The largest absolute Gasteiger partial charge is 0.350 e. The summed E-state index contributed by atoms with van der Waals surface area (Å²) in [7, 11) is 0. The van der Waals surface area contributed by atoms with E-state index in [1.165, 1.54) is 0 Å². The highest BCUT2D eigenvalue weighted by atomic mass is 32.2. The summed E-state index contributed by atoms with van der Waals surface area (Å²) in [4.78, 5) is 46.1. The summed E-state index contributed by atoms with van der Waals surface area (Å²) >= 11 is 1.59. The minimum absolute atomic E-state index is 0.0396. The van der Waals surface area contributed by atoms with Crippen molar-refractivity contribution in [2.45, 2.75) is 51.6 Å². The molecule has 2 heterocycles. The molecule has 8 heteroatoms. The second-order valence-electron chi connectivity index (χ2n) is 8.00. The maximum Gasteiger partial charge on any atom is 0.258 e. The van der Waals surface area contributed by atoms with Crippen molar-refractivity contribution in [3.8, 4) is 0 Å². The summed E-state index contributed by atoms with van der Waals surface area (Å²) in [5.74, 6) is 1.59. The molecule has 1 aromatic carbocycles. The number of hydrogen-bond acceptors (Lipinski definition) is 5. The van der Waals surface area contributed by atoms with Gasteiger partial charge in [0.2, 0.25) is 11.8 Å². The Labute approximate surface area is 168 Å². The van der Waals surface area contributed by atoms with Crippen molar-refractivity contribution in [2.24, 2.45) is 0 Å². The van der Waals surface area contributed by atoms with Crippen molar-refractivity contribution in [3.63, 3.8) is 0 Å². The van der Waals surface area contributed by atoms with Gasteiger partial charge < -0.3 is 15.2 Å². The summed E-state index contributed by atoms with van der Waals surface area (Å²) in [6.45, 7) is 5.78. The first-order valence-corrected chi connectivity index (χ1v) is 10.6. The molecule has 1 saturated heterocycles. The molecule has 150 valence electrons. The molecule has 0 aliphatic carbocycles. The van der Waals surface area contributed by atoms with Crippen LogP contribution in [0.5, 0.6) is 0 Å². The number of fused-ring (bicyclic) bond motifs is 1. The second-order valence-corrected chi connectivity index (χ2v) is 9.00. The fourth-order valence-electron chi connectivity index (χ4n) is 3.16. The highest BCUT2D eigenvalue weighted by Crippen LogP contribution is 2.23. The fraction of sp³-hybridized carbons (Fsp3) is 0.500. The average Bonchev–Trinajstić information content (AvgIpc) is 3.10. The van der Waals surface area contributed by atoms with Crippen LogP contribution in [-0.2, 0) is 16.0 Å². The van der Waals surface area contributed by atoms with Crippen molar-refractivity contribution in [2.75, 3.05) is 11.6 Å². The molecule has 0 bridgehead atoms. The third-order valence-electron chi connectivity index (χ3n) is 4.47. The van der Waals surface area contributed by atoms with Gasteiger partial charge in [-0.25, -0.2) is 4.98 Å². The van der Waals surface area contributed by atoms with Crippen LogP contribution < -0.4 is 10.9 Å². The van der Waals surface area contributed by atoms with E-state index in [1.54, 1.807) is 34.9 Å². The topological polar surface area (TPSA) is 95.2 Å². The van der Waals surface area contributed by atoms with Crippen LogP contribution in [0.3, 0.4) is 0 Å². The monoisotopic (exact) mass is 402 g/mol. The van der Waals surface area contributed by atoms with Gasteiger partial charge in [0.1, 0.15) is 11.9 Å². The Morgan fingerprint density at radius 2 is 2.07 bits per heavy atom. The molecule has 28 heavy (non-hydrogen) atoms. The number of benzene rings is 1. The predicted octanol–water partition coefficient (Wildman–Crippen LogP) is 2.06. The first kappa shape index (κ1) is 20.4. The molecule has 2 amide bonds. The SMILES string of the molecule is CC(C)(C)NC(=O)C1CSCN1C(=O)CCCc1nc2ccccc2c(=O)[nH]1. The number of H-pyrrole nitrogens is 1. The summed E-state index contributed by atoms with van der Waals surface area (Å²) in [6.07, 6.45) is 1.39. The number of hydrogen-bond donors (Lipinski definition) is 2. The summed E-state index contributed by atoms with van der Waals surface area (Å²) in [5, 5.41) is 3.51. The van der Waals surface area contributed by atoms with Crippen LogP contribution in [0.1, 0.15) is 39.4 Å². The van der Waals surface area contributed by atoms with Gasteiger partial charge in [0, 0.05) is 24.1 Å². The Morgan fingerprint density at radius 1 is 1.32 bits per heavy atom. The number of para-hydroxylation sites is 1. The van der Waals surface area contributed by atoms with Crippen LogP contribution >= 0.6 is 11.8 Å². The molecule has 1 aliphatic heterocycles. The van der Waals surface area contributed by atoms with Crippen molar-refractivity contribution in [1.82, 2.24) is 20.2 Å². The number of nitrogens with zero attached hydrogens (tertiary/aromatic N) is 2. The fourth-order valence-corrected chi connectivity index (χ4v) is 4.34. The molecule has 0 saturated carbocycles. The maximum absolute atomic E-state index is 12.6. The number of carbonyl (C=O) groups excluding carboxylic acids is 2. The number of aryl methyl sites for hydroxylation is 1. The molecular weight excluding hydrogens is 376 g/mol. The Hall–Kier alpha value is -2.35. The van der Waals surface area contributed by atoms with Gasteiger partial charge in [-0.1, -0.05) is 12.1 Å². The van der Waals surface area contributed by atoms with E-state index in [9.17, 15) is 14.4 Å². The number of amides is 2. The Kier molecular flexibility index (Phi) is 6.07. The number of carbonyl (C=O) groups is 2. The molecule has 0 radical (unpaired) electrons. The van der Waals surface area contributed by atoms with Crippen molar-refractivity contribution < 1.29 is 9.59 Å². The van der Waals surface area contributed by atoms with E-state index in [4.69, 9.17) is 0 Å². The third-order valence-corrected chi connectivity index (χ3v) is 5.48. The molecule has 0 spiro atoms. The number of aromatic nitrogens is 2. The lowest BCUT2D eigenvalue weighted by molar-refractivity contribution is -0.138. The summed E-state index contributed by atoms with van der Waals surface area (Å²) in [5.41, 5.74) is 0.163. The lowest BCUT2D eigenvalue weighted by atomic mass is 10.1. The summed E-state index contributed by atoms with van der Waals surface area (Å²) < 4.78 is 0. The van der Waals surface area contributed by atoms with Crippen LogP contribution in [-0.4, -0.2) is 49.9 Å². The van der Waals surface area contributed by atoms with Gasteiger partial charge in [-0.2, -0.15) is 0 Å². The van der Waals surface area contributed by atoms with Gasteiger partial charge in [-0.3, -0.25) is 14.4 Å². The number of nitrogens with one attached hydrogen (secondary N) is 2. The van der Waals surface area contributed by atoms with E-state index in [0.29, 0.717) is 47.6 Å². The molecule has 1 aromatic heterocycles. The quantitative estimate of drug-likeness (QED) is 0.798. The molecule has 1 atom stereocenters. The first-order chi connectivity index (χ1) is 13.2. The predicted molar refractivity (Wildman–Crippen MR) is 111 cm³/mol. The summed E-state index contributed by atoms with van der Waals surface area (Å²) in [6, 6.07) is 6.77. The van der Waals surface area contributed by atoms with Crippen molar-refractivity contribution >= 4 is 34.5 Å². The zero-order valence-corrected chi connectivity index (χ0v) is 17.3. The molecule has 1 fully saturated rings. The number of thioether (sulfide) groups is 1. The van der Waals surface area contributed by atoms with Crippen LogP contribution in [0.25, 0.3) is 10.9 Å². The molecule has 3 rings (SSSR count). The van der Waals surface area contributed by atoms with E-state index in [2.05, 4.69) is 15.3 Å². The third kappa shape index (κ3) is 4.92. The Balaban J connectivity index is 1.58. The molecular formula is C20H26N4O3S. The van der Waals surface area contributed by atoms with Gasteiger partial charge >= 0.3 is 0 Å². The maximum atomic E-state index is 12.6. The zero-order valence-electron chi connectivity index (χ0n) is 16.4. The van der Waals surface area contributed by atoms with E-state index < -0.39 is 6.04 Å². The Morgan fingerprint density at radius 3 is 2.82 bits per heavy atom. The van der Waals surface area contributed by atoms with Gasteiger partial charge in [-0.05, 0) is 39.3 Å². The first-order valence-electron chi connectivity index (χ1n) is 9.42. The molecule has 7 nitrogen and oxygen atoms in total. The van der Waals surface area contributed by atoms with Gasteiger partial charge in [0.05, 0.1) is 16.8 Å². The molecule has 1 aliphatic rings. The Bertz CT molecular complexity index is 935. The highest BCUT2D eigenvalue weighted by Gasteiger charge is 2.35. The average molecular weight is 403 g/mol. The zero-order chi connectivity index (χ0) is 20.3. The van der Waals surface area contributed by atoms with Crippen molar-refractivity contribution in [1.29, 1.82) is 0 Å². The van der Waals surface area contributed by atoms with E-state index in [1.807, 2.05) is 26.8 Å². The van der Waals surface area contributed by atoms with E-state index in [-0.39, 0.29) is 22.9 Å². The second kappa shape index (κ2) is 8.34.